The zero-order valence-electron chi connectivity index (χ0n) is 17.8. The first-order valence-electron chi connectivity index (χ1n) is 10.7. The number of nitrogens with one attached hydrogen (secondary N) is 1. The molecule has 9 heteroatoms. The lowest BCUT2D eigenvalue weighted by Gasteiger charge is -2.37. The molecule has 1 fully saturated rings. The van der Waals surface area contributed by atoms with Crippen molar-refractivity contribution in [3.8, 4) is 11.5 Å². The molecule has 6 rings (SSSR count). The number of amides is 2. The van der Waals surface area contributed by atoms with Gasteiger partial charge in [-0.1, -0.05) is 18.2 Å². The van der Waals surface area contributed by atoms with E-state index in [0.29, 0.717) is 28.4 Å². The number of nitrogens with zero attached hydrogens (tertiary/aromatic N) is 2. The Morgan fingerprint density at radius 1 is 1.15 bits per heavy atom. The fraction of sp³-hybridized carbons (Fsp3) is 0.250. The first-order valence-corrected chi connectivity index (χ1v) is 10.7. The maximum atomic E-state index is 13.6. The van der Waals surface area contributed by atoms with Gasteiger partial charge in [0.05, 0.1) is 12.6 Å². The third-order valence-electron chi connectivity index (χ3n) is 6.27. The molecule has 0 aliphatic carbocycles. The van der Waals surface area contributed by atoms with Gasteiger partial charge in [0.15, 0.2) is 23.0 Å². The number of hydrogen-bond acceptors (Lipinski definition) is 6. The van der Waals surface area contributed by atoms with Crippen LogP contribution in [0.15, 0.2) is 54.4 Å². The van der Waals surface area contributed by atoms with Gasteiger partial charge in [-0.3, -0.25) is 14.5 Å². The zero-order valence-corrected chi connectivity index (χ0v) is 17.8. The summed E-state index contributed by atoms with van der Waals surface area (Å²) in [5.74, 6) is 0.848. The highest BCUT2D eigenvalue weighted by atomic mass is 16.7. The largest absolute Gasteiger partial charge is 0.463 e. The number of fused-ring (bicyclic) bond motifs is 3. The van der Waals surface area contributed by atoms with Crippen molar-refractivity contribution in [2.24, 2.45) is 0 Å². The van der Waals surface area contributed by atoms with E-state index in [1.807, 2.05) is 24.3 Å². The van der Waals surface area contributed by atoms with Gasteiger partial charge in [-0.05, 0) is 31.2 Å². The second kappa shape index (κ2) is 7.28. The molecular formula is C24H21N3O6. The summed E-state index contributed by atoms with van der Waals surface area (Å²) in [5, 5.41) is 10.5. The first-order chi connectivity index (χ1) is 16.1. The van der Waals surface area contributed by atoms with E-state index in [0.717, 1.165) is 10.9 Å². The lowest BCUT2D eigenvalue weighted by molar-refractivity contribution is -0.151. The highest BCUT2D eigenvalue weighted by Gasteiger charge is 2.49. The number of aliphatic hydroxyl groups excluding tert-OH is 1. The Balaban J connectivity index is 1.51. The molecule has 3 aliphatic rings. The van der Waals surface area contributed by atoms with Gasteiger partial charge >= 0.3 is 0 Å². The summed E-state index contributed by atoms with van der Waals surface area (Å²) in [6.07, 6.45) is 0.945. The topological polar surface area (TPSA) is 104 Å². The number of aromatic amines is 1. The summed E-state index contributed by atoms with van der Waals surface area (Å²) >= 11 is 0. The van der Waals surface area contributed by atoms with Crippen molar-refractivity contribution >= 4 is 28.5 Å². The van der Waals surface area contributed by atoms with E-state index in [4.69, 9.17) is 14.2 Å². The first kappa shape index (κ1) is 19.7. The second-order valence-corrected chi connectivity index (χ2v) is 8.24. The Labute approximate surface area is 188 Å². The zero-order chi connectivity index (χ0) is 22.7. The van der Waals surface area contributed by atoms with Crippen LogP contribution in [0.5, 0.6) is 11.5 Å². The predicted octanol–water partition coefficient (Wildman–Crippen LogP) is 2.35. The molecule has 0 bridgehead atoms. The third kappa shape index (κ3) is 2.89. The van der Waals surface area contributed by atoms with E-state index >= 15 is 0 Å². The summed E-state index contributed by atoms with van der Waals surface area (Å²) in [5.41, 5.74) is 2.40. The summed E-state index contributed by atoms with van der Waals surface area (Å²) < 4.78 is 17.3. The molecule has 1 saturated heterocycles. The van der Waals surface area contributed by atoms with Crippen LogP contribution in [0.2, 0.25) is 0 Å². The minimum atomic E-state index is -0.832. The van der Waals surface area contributed by atoms with Crippen LogP contribution in [0.4, 0.5) is 0 Å². The van der Waals surface area contributed by atoms with E-state index in [-0.39, 0.29) is 37.5 Å². The van der Waals surface area contributed by atoms with Gasteiger partial charge in [-0.2, -0.15) is 0 Å². The SMILES string of the molecule is C[C@H](CO)N1CC(=O)N2C(=C(c3c[nH]c4ccccc34)O[C@H]2c2ccc3c(c2)OCO3)C1=O. The second-order valence-electron chi connectivity index (χ2n) is 8.24. The number of benzene rings is 2. The number of piperazine rings is 1. The number of carbonyl (C=O) groups excluding carboxylic acids is 2. The number of hydrogen-bond donors (Lipinski definition) is 2. The van der Waals surface area contributed by atoms with E-state index in [2.05, 4.69) is 4.98 Å². The number of para-hydroxylation sites is 1. The maximum absolute atomic E-state index is 13.6. The number of carbonyl (C=O) groups is 2. The van der Waals surface area contributed by atoms with Crippen molar-refractivity contribution in [2.45, 2.75) is 19.2 Å². The molecule has 0 spiro atoms. The van der Waals surface area contributed by atoms with Crippen molar-refractivity contribution in [1.82, 2.24) is 14.8 Å². The van der Waals surface area contributed by atoms with Gasteiger partial charge in [-0.25, -0.2) is 0 Å². The molecule has 0 unspecified atom stereocenters. The standard InChI is InChI=1S/C24H21N3O6/c1-13(11-28)26-10-20(29)27-21(23(26)30)22(16-9-25-17-5-3-2-4-15(16)17)33-24(27)14-6-7-18-19(8-14)32-12-31-18/h2-9,13,24-25,28H,10-12H2,1H3/t13-,24+/m1/s1. The quantitative estimate of drug-likeness (QED) is 0.636. The molecule has 1 aromatic heterocycles. The smallest absolute Gasteiger partial charge is 0.275 e. The number of rotatable bonds is 4. The summed E-state index contributed by atoms with van der Waals surface area (Å²) in [6, 6.07) is 12.5. The number of aliphatic hydroxyl groups is 1. The lowest BCUT2D eigenvalue weighted by Crippen LogP contribution is -2.55. The average molecular weight is 447 g/mol. The summed E-state index contributed by atoms with van der Waals surface area (Å²) in [4.78, 5) is 32.9. The van der Waals surface area contributed by atoms with Crippen LogP contribution >= 0.6 is 0 Å². The predicted molar refractivity (Wildman–Crippen MR) is 117 cm³/mol. The molecule has 2 N–H and O–H groups in total. The Morgan fingerprint density at radius 2 is 1.97 bits per heavy atom. The van der Waals surface area contributed by atoms with Crippen LogP contribution in [-0.2, 0) is 14.3 Å². The van der Waals surface area contributed by atoms with E-state index in [9.17, 15) is 14.7 Å². The van der Waals surface area contributed by atoms with Gasteiger partial charge < -0.3 is 29.2 Å². The highest BCUT2D eigenvalue weighted by molar-refractivity contribution is 6.10. The molecule has 0 saturated carbocycles. The van der Waals surface area contributed by atoms with E-state index in [1.165, 1.54) is 9.80 Å². The molecule has 2 aromatic carbocycles. The molecule has 3 aromatic rings. The normalized spacial score (nSPS) is 20.5. The molecule has 4 heterocycles. The van der Waals surface area contributed by atoms with E-state index < -0.39 is 12.3 Å². The van der Waals surface area contributed by atoms with Crippen LogP contribution in [0, 0.1) is 0 Å². The van der Waals surface area contributed by atoms with Crippen molar-refractivity contribution < 1.29 is 28.9 Å². The Hall–Kier alpha value is -3.98. The van der Waals surface area contributed by atoms with E-state index in [1.54, 1.807) is 31.3 Å². The van der Waals surface area contributed by atoms with Crippen LogP contribution in [-0.4, -0.2) is 57.7 Å². The lowest BCUT2D eigenvalue weighted by atomic mass is 10.1. The molecule has 2 amide bonds. The monoisotopic (exact) mass is 447 g/mol. The number of aromatic nitrogens is 1. The Kier molecular flexibility index (Phi) is 4.34. The average Bonchev–Trinajstić information content (AvgIpc) is 3.56. The highest BCUT2D eigenvalue weighted by Crippen LogP contribution is 2.46. The fourth-order valence-electron chi connectivity index (χ4n) is 4.52. The van der Waals surface area contributed by atoms with Crippen LogP contribution < -0.4 is 9.47 Å². The van der Waals surface area contributed by atoms with Gasteiger partial charge in [0, 0.05) is 28.2 Å². The Morgan fingerprint density at radius 3 is 2.82 bits per heavy atom. The van der Waals surface area contributed by atoms with Crippen LogP contribution in [0.1, 0.15) is 24.3 Å². The van der Waals surface area contributed by atoms with Crippen molar-refractivity contribution in [1.29, 1.82) is 0 Å². The molecular weight excluding hydrogens is 426 g/mol. The van der Waals surface area contributed by atoms with Crippen LogP contribution in [0.25, 0.3) is 16.7 Å². The number of ether oxygens (including phenoxy) is 3. The summed E-state index contributed by atoms with van der Waals surface area (Å²) in [7, 11) is 0. The molecule has 168 valence electrons. The summed E-state index contributed by atoms with van der Waals surface area (Å²) in [6.45, 7) is 1.44. The molecule has 33 heavy (non-hydrogen) atoms. The Bertz CT molecular complexity index is 1330. The van der Waals surface area contributed by atoms with Gasteiger partial charge in [0.2, 0.25) is 18.9 Å². The van der Waals surface area contributed by atoms with Crippen LogP contribution in [0.3, 0.4) is 0 Å². The molecule has 0 radical (unpaired) electrons. The third-order valence-corrected chi connectivity index (χ3v) is 6.27. The number of H-pyrrole nitrogens is 1. The fourth-order valence-corrected chi connectivity index (χ4v) is 4.52. The van der Waals surface area contributed by atoms with Crippen molar-refractivity contribution in [3.63, 3.8) is 0 Å². The van der Waals surface area contributed by atoms with Crippen molar-refractivity contribution in [3.05, 3.63) is 65.5 Å². The van der Waals surface area contributed by atoms with Gasteiger partial charge in [0.25, 0.3) is 5.91 Å². The minimum absolute atomic E-state index is 0.129. The minimum Gasteiger partial charge on any atom is -0.463 e. The maximum Gasteiger partial charge on any atom is 0.275 e. The molecule has 9 nitrogen and oxygen atoms in total. The van der Waals surface area contributed by atoms with Gasteiger partial charge in [0.1, 0.15) is 6.54 Å². The molecule has 3 aliphatic heterocycles. The van der Waals surface area contributed by atoms with Gasteiger partial charge in [-0.15, -0.1) is 0 Å². The van der Waals surface area contributed by atoms with Crippen molar-refractivity contribution in [2.75, 3.05) is 19.9 Å². The molecule has 2 atom stereocenters.